The fourth-order valence-electron chi connectivity index (χ4n) is 4.63. The molecule has 3 aromatic rings. The van der Waals surface area contributed by atoms with Crippen LogP contribution in [0.4, 0.5) is 11.4 Å². The van der Waals surface area contributed by atoms with Crippen LogP contribution in [0.15, 0.2) is 60.7 Å². The number of amides is 2. The van der Waals surface area contributed by atoms with Crippen LogP contribution >= 0.6 is 23.8 Å². The average molecular weight is 611 g/mol. The van der Waals surface area contributed by atoms with Gasteiger partial charge in [-0.3, -0.25) is 14.9 Å². The molecule has 0 saturated carbocycles. The molecule has 42 heavy (non-hydrogen) atoms. The van der Waals surface area contributed by atoms with Crippen LogP contribution in [0.2, 0.25) is 5.02 Å². The minimum absolute atomic E-state index is 0.0177. The van der Waals surface area contributed by atoms with E-state index in [1.165, 1.54) is 0 Å². The molecule has 1 aliphatic heterocycles. The Bertz CT molecular complexity index is 1380. The van der Waals surface area contributed by atoms with Crippen molar-refractivity contribution in [2.75, 3.05) is 56.2 Å². The number of anilines is 2. The number of carbonyl (C=O) groups is 2. The van der Waals surface area contributed by atoms with Crippen LogP contribution < -0.4 is 29.7 Å². The van der Waals surface area contributed by atoms with Gasteiger partial charge in [0.2, 0.25) is 5.75 Å². The molecule has 1 heterocycles. The van der Waals surface area contributed by atoms with Gasteiger partial charge in [-0.05, 0) is 81.5 Å². The van der Waals surface area contributed by atoms with Crippen molar-refractivity contribution in [2.45, 2.75) is 20.8 Å². The average Bonchev–Trinajstić information content (AvgIpc) is 2.99. The van der Waals surface area contributed by atoms with Gasteiger partial charge in [-0.25, -0.2) is 0 Å². The van der Waals surface area contributed by atoms with E-state index in [0.29, 0.717) is 79.4 Å². The molecule has 0 atom stereocenters. The Morgan fingerprint density at radius 2 is 1.43 bits per heavy atom. The van der Waals surface area contributed by atoms with Crippen molar-refractivity contribution in [1.82, 2.24) is 10.2 Å². The molecule has 0 aliphatic carbocycles. The molecule has 222 valence electrons. The first-order chi connectivity index (χ1) is 20.3. The summed E-state index contributed by atoms with van der Waals surface area (Å²) >= 11 is 11.5. The summed E-state index contributed by atoms with van der Waals surface area (Å²) in [5.74, 6) is 0.879. The molecule has 3 aromatic carbocycles. The molecule has 1 aliphatic rings. The van der Waals surface area contributed by atoms with Gasteiger partial charge in [0.25, 0.3) is 11.8 Å². The number of rotatable bonds is 10. The maximum Gasteiger partial charge on any atom is 0.257 e. The minimum atomic E-state index is -0.413. The zero-order valence-electron chi connectivity index (χ0n) is 23.9. The Kier molecular flexibility index (Phi) is 10.9. The van der Waals surface area contributed by atoms with E-state index < -0.39 is 5.91 Å². The molecule has 2 N–H and O–H groups in total. The second-order valence-electron chi connectivity index (χ2n) is 9.31. The number of hydrogen-bond donors (Lipinski definition) is 2. The molecular weight excluding hydrogens is 576 g/mol. The van der Waals surface area contributed by atoms with Gasteiger partial charge in [-0.2, -0.15) is 0 Å². The third kappa shape index (κ3) is 7.63. The van der Waals surface area contributed by atoms with E-state index in [-0.39, 0.29) is 11.0 Å². The quantitative estimate of drug-likeness (QED) is 0.286. The number of ether oxygens (including phenoxy) is 3. The van der Waals surface area contributed by atoms with Crippen LogP contribution in [0.3, 0.4) is 0 Å². The summed E-state index contributed by atoms with van der Waals surface area (Å²) in [5, 5.41) is 6.66. The first-order valence-corrected chi connectivity index (χ1v) is 14.7. The van der Waals surface area contributed by atoms with Crippen LogP contribution in [0.25, 0.3) is 0 Å². The number of piperazine rings is 1. The van der Waals surface area contributed by atoms with Gasteiger partial charge in [0.15, 0.2) is 16.6 Å². The standard InChI is InChI=1S/C31H35ClN4O5S/c1-4-39-26-19-22(20-27(40-5-2)28(26)41-6-3)29(37)34-31(42)33-24-9-7-8-10-25(24)35-15-17-36(18-16-35)30(38)21-11-13-23(32)14-12-21/h7-14,19-20H,4-6,15-18H2,1-3H3,(H2,33,34,37,42). The summed E-state index contributed by atoms with van der Waals surface area (Å²) in [7, 11) is 0. The highest BCUT2D eigenvalue weighted by Crippen LogP contribution is 2.39. The molecule has 1 saturated heterocycles. The lowest BCUT2D eigenvalue weighted by Crippen LogP contribution is -2.49. The van der Waals surface area contributed by atoms with Gasteiger partial charge in [0.05, 0.1) is 31.2 Å². The molecule has 11 heteroatoms. The molecule has 0 unspecified atom stereocenters. The van der Waals surface area contributed by atoms with E-state index in [1.807, 2.05) is 49.9 Å². The third-order valence-corrected chi connectivity index (χ3v) is 7.01. The largest absolute Gasteiger partial charge is 0.490 e. The first-order valence-electron chi connectivity index (χ1n) is 13.9. The highest BCUT2D eigenvalue weighted by molar-refractivity contribution is 7.80. The van der Waals surface area contributed by atoms with Crippen molar-refractivity contribution in [1.29, 1.82) is 0 Å². The fraction of sp³-hybridized carbons (Fsp3) is 0.323. The van der Waals surface area contributed by atoms with Crippen LogP contribution in [-0.2, 0) is 0 Å². The number of hydrogen-bond acceptors (Lipinski definition) is 7. The maximum absolute atomic E-state index is 13.2. The highest BCUT2D eigenvalue weighted by atomic mass is 35.5. The summed E-state index contributed by atoms with van der Waals surface area (Å²) in [6.07, 6.45) is 0. The lowest BCUT2D eigenvalue weighted by atomic mass is 10.1. The van der Waals surface area contributed by atoms with Crippen molar-refractivity contribution in [3.8, 4) is 17.2 Å². The zero-order valence-corrected chi connectivity index (χ0v) is 25.5. The van der Waals surface area contributed by atoms with Crippen LogP contribution in [0, 0.1) is 0 Å². The van der Waals surface area contributed by atoms with Crippen LogP contribution in [0.5, 0.6) is 17.2 Å². The Balaban J connectivity index is 1.42. The molecule has 9 nitrogen and oxygen atoms in total. The van der Waals surface area contributed by atoms with Crippen molar-refractivity contribution >= 4 is 52.1 Å². The predicted octanol–water partition coefficient (Wildman–Crippen LogP) is 5.63. The summed E-state index contributed by atoms with van der Waals surface area (Å²) < 4.78 is 17.2. The Labute approximate surface area is 256 Å². The summed E-state index contributed by atoms with van der Waals surface area (Å²) in [6, 6.07) is 17.9. The van der Waals surface area contributed by atoms with Crippen LogP contribution in [0.1, 0.15) is 41.5 Å². The van der Waals surface area contributed by atoms with Crippen molar-refractivity contribution < 1.29 is 23.8 Å². The van der Waals surface area contributed by atoms with Gasteiger partial charge >= 0.3 is 0 Å². The molecule has 4 rings (SSSR count). The summed E-state index contributed by atoms with van der Waals surface area (Å²) in [6.45, 7) is 9.23. The van der Waals surface area contributed by atoms with E-state index in [2.05, 4.69) is 15.5 Å². The second kappa shape index (κ2) is 14.7. The van der Waals surface area contributed by atoms with E-state index in [4.69, 9.17) is 38.0 Å². The molecular formula is C31H35ClN4O5S. The van der Waals surface area contributed by atoms with E-state index in [0.717, 1.165) is 11.4 Å². The molecule has 0 spiro atoms. The topological polar surface area (TPSA) is 92.4 Å². The number of halogens is 1. The van der Waals surface area contributed by atoms with E-state index in [9.17, 15) is 9.59 Å². The number of nitrogens with zero attached hydrogens (tertiary/aromatic N) is 2. The number of benzene rings is 3. The number of carbonyl (C=O) groups excluding carboxylic acids is 2. The Morgan fingerprint density at radius 1 is 0.833 bits per heavy atom. The van der Waals surface area contributed by atoms with Crippen molar-refractivity contribution in [3.05, 3.63) is 76.8 Å². The molecule has 0 bridgehead atoms. The van der Waals surface area contributed by atoms with Crippen LogP contribution in [-0.4, -0.2) is 67.8 Å². The number of thiocarbonyl (C=S) groups is 1. The van der Waals surface area contributed by atoms with Crippen molar-refractivity contribution in [2.24, 2.45) is 0 Å². The number of nitrogens with one attached hydrogen (secondary N) is 2. The predicted molar refractivity (Wildman–Crippen MR) is 170 cm³/mol. The van der Waals surface area contributed by atoms with Gasteiger partial charge in [-0.15, -0.1) is 0 Å². The second-order valence-corrected chi connectivity index (χ2v) is 10.2. The normalized spacial score (nSPS) is 12.9. The van der Waals surface area contributed by atoms with Gasteiger partial charge in [0.1, 0.15) is 0 Å². The van der Waals surface area contributed by atoms with Gasteiger partial charge in [-0.1, -0.05) is 23.7 Å². The van der Waals surface area contributed by atoms with E-state index >= 15 is 0 Å². The Morgan fingerprint density at radius 3 is 2.02 bits per heavy atom. The lowest BCUT2D eigenvalue weighted by Gasteiger charge is -2.37. The summed E-state index contributed by atoms with van der Waals surface area (Å²) in [5.41, 5.74) is 2.61. The maximum atomic E-state index is 13.2. The minimum Gasteiger partial charge on any atom is -0.490 e. The lowest BCUT2D eigenvalue weighted by molar-refractivity contribution is 0.0746. The highest BCUT2D eigenvalue weighted by Gasteiger charge is 2.24. The first kappa shape index (κ1) is 30.9. The SMILES string of the molecule is CCOc1cc(C(=O)NC(=S)Nc2ccccc2N2CCN(C(=O)c3ccc(Cl)cc3)CC2)cc(OCC)c1OCC. The third-order valence-electron chi connectivity index (χ3n) is 6.55. The van der Waals surface area contributed by atoms with Gasteiger partial charge in [0, 0.05) is 42.3 Å². The smallest absolute Gasteiger partial charge is 0.257 e. The molecule has 1 fully saturated rings. The Hall–Kier alpha value is -4.02. The van der Waals surface area contributed by atoms with Gasteiger partial charge < -0.3 is 29.3 Å². The van der Waals surface area contributed by atoms with E-state index in [1.54, 1.807) is 36.4 Å². The fourth-order valence-corrected chi connectivity index (χ4v) is 4.96. The molecule has 0 radical (unpaired) electrons. The zero-order chi connectivity index (χ0) is 30.1. The molecule has 2 amide bonds. The van der Waals surface area contributed by atoms with Crippen molar-refractivity contribution in [3.63, 3.8) is 0 Å². The summed E-state index contributed by atoms with van der Waals surface area (Å²) in [4.78, 5) is 30.2. The number of para-hydroxylation sites is 2. The molecule has 0 aromatic heterocycles. The monoisotopic (exact) mass is 610 g/mol.